The summed E-state index contributed by atoms with van der Waals surface area (Å²) in [5.41, 5.74) is 2.41. The van der Waals surface area contributed by atoms with Gasteiger partial charge in [0, 0.05) is 25.3 Å². The molecule has 0 unspecified atom stereocenters. The van der Waals surface area contributed by atoms with Crippen LogP contribution in [0.15, 0.2) is 41.8 Å². The summed E-state index contributed by atoms with van der Waals surface area (Å²) in [5.74, 6) is 0.00571. The van der Waals surface area contributed by atoms with Crippen molar-refractivity contribution in [1.82, 2.24) is 5.32 Å². The molecule has 0 saturated carbocycles. The third-order valence-corrected chi connectivity index (χ3v) is 4.59. The molecule has 1 aromatic carbocycles. The van der Waals surface area contributed by atoms with Crippen molar-refractivity contribution in [1.29, 1.82) is 0 Å². The minimum atomic E-state index is 0.00571. The average Bonchev–Trinajstić information content (AvgIpc) is 3.01. The molecule has 0 aliphatic rings. The van der Waals surface area contributed by atoms with Gasteiger partial charge in [-0.3, -0.25) is 4.79 Å². The minimum absolute atomic E-state index is 0.00571. The lowest BCUT2D eigenvalue weighted by Crippen LogP contribution is -3.07. The average molecular weight is 318 g/mol. The molecular formula is C17H24N3OS+. The predicted octanol–water partition coefficient (Wildman–Crippen LogP) is 1.43. The molecule has 1 heterocycles. The van der Waals surface area contributed by atoms with Crippen LogP contribution in [-0.4, -0.2) is 40.6 Å². The highest BCUT2D eigenvalue weighted by atomic mass is 32.1. The molecule has 0 radical (unpaired) electrons. The molecule has 2 N–H and O–H groups in total. The highest BCUT2D eigenvalue weighted by molar-refractivity contribution is 7.12. The van der Waals surface area contributed by atoms with Crippen LogP contribution < -0.4 is 15.1 Å². The van der Waals surface area contributed by atoms with Gasteiger partial charge in [-0.05, 0) is 23.6 Å². The molecule has 0 spiro atoms. The van der Waals surface area contributed by atoms with Crippen molar-refractivity contribution in [3.63, 3.8) is 0 Å². The molecule has 5 heteroatoms. The van der Waals surface area contributed by atoms with Crippen LogP contribution in [0.1, 0.15) is 21.3 Å². The van der Waals surface area contributed by atoms with Gasteiger partial charge in [-0.1, -0.05) is 18.2 Å². The van der Waals surface area contributed by atoms with Crippen LogP contribution in [0.2, 0.25) is 0 Å². The van der Waals surface area contributed by atoms with Crippen LogP contribution in [0.4, 0.5) is 5.69 Å². The number of likely N-dealkylation sites (N-methyl/N-ethyl adjacent to an activating group) is 1. The number of hydrogen-bond donors (Lipinski definition) is 2. The molecule has 118 valence electrons. The maximum Gasteiger partial charge on any atom is 0.261 e. The van der Waals surface area contributed by atoms with Crippen molar-refractivity contribution in [2.24, 2.45) is 0 Å². The summed E-state index contributed by atoms with van der Waals surface area (Å²) in [5, 5.41) is 4.96. The maximum atomic E-state index is 12.1. The molecule has 1 amide bonds. The van der Waals surface area contributed by atoms with E-state index in [0.717, 1.165) is 4.88 Å². The number of thiophene rings is 1. The van der Waals surface area contributed by atoms with Crippen molar-refractivity contribution >= 4 is 22.9 Å². The Kier molecular flexibility index (Phi) is 5.57. The van der Waals surface area contributed by atoms with Crippen molar-refractivity contribution in [3.05, 3.63) is 52.2 Å². The Morgan fingerprint density at radius 3 is 2.41 bits per heavy atom. The summed E-state index contributed by atoms with van der Waals surface area (Å²) in [6.07, 6.45) is 0. The molecule has 0 aliphatic heterocycles. The lowest BCUT2D eigenvalue weighted by Gasteiger charge is -2.23. The van der Waals surface area contributed by atoms with E-state index in [4.69, 9.17) is 0 Å². The fraction of sp³-hybridized carbons (Fsp3) is 0.353. The number of hydrogen-bond acceptors (Lipinski definition) is 3. The molecule has 0 bridgehead atoms. The van der Waals surface area contributed by atoms with Crippen molar-refractivity contribution < 1.29 is 9.69 Å². The minimum Gasteiger partial charge on any atom is -0.378 e. The van der Waals surface area contributed by atoms with Crippen LogP contribution in [0.25, 0.3) is 0 Å². The topological polar surface area (TPSA) is 36.8 Å². The van der Waals surface area contributed by atoms with Crippen LogP contribution in [-0.2, 0) is 0 Å². The van der Waals surface area contributed by atoms with Crippen LogP contribution in [0.3, 0.4) is 0 Å². The largest absolute Gasteiger partial charge is 0.378 e. The number of nitrogens with zero attached hydrogens (tertiary/aromatic N) is 1. The highest BCUT2D eigenvalue weighted by Gasteiger charge is 2.19. The predicted molar refractivity (Wildman–Crippen MR) is 93.0 cm³/mol. The van der Waals surface area contributed by atoms with Gasteiger partial charge in [-0.15, -0.1) is 11.3 Å². The number of nitrogens with one attached hydrogen (secondary N) is 2. The Labute approximate surface area is 136 Å². The van der Waals surface area contributed by atoms with Crippen molar-refractivity contribution in [3.8, 4) is 0 Å². The van der Waals surface area contributed by atoms with Crippen LogP contribution >= 0.6 is 11.3 Å². The number of rotatable bonds is 6. The molecule has 4 nitrogen and oxygen atoms in total. The van der Waals surface area contributed by atoms with E-state index in [1.807, 2.05) is 31.6 Å². The van der Waals surface area contributed by atoms with Crippen molar-refractivity contribution in [2.45, 2.75) is 6.04 Å². The second-order valence-corrected chi connectivity index (χ2v) is 6.75. The summed E-state index contributed by atoms with van der Waals surface area (Å²) < 4.78 is 0. The number of quaternary nitrogens is 1. The zero-order valence-corrected chi connectivity index (χ0v) is 14.4. The number of amides is 1. The van der Waals surface area contributed by atoms with Gasteiger partial charge in [-0.2, -0.15) is 0 Å². The Morgan fingerprint density at radius 1 is 1.23 bits per heavy atom. The Bertz CT molecular complexity index is 591. The summed E-state index contributed by atoms with van der Waals surface area (Å²) in [4.78, 5) is 16.2. The quantitative estimate of drug-likeness (QED) is 0.845. The summed E-state index contributed by atoms with van der Waals surface area (Å²) in [7, 11) is 8.29. The number of anilines is 1. The van der Waals surface area contributed by atoms with E-state index < -0.39 is 0 Å². The lowest BCUT2D eigenvalue weighted by molar-refractivity contribution is -0.890. The zero-order valence-electron chi connectivity index (χ0n) is 13.6. The Morgan fingerprint density at radius 2 is 1.91 bits per heavy atom. The molecule has 1 aromatic heterocycles. The first-order chi connectivity index (χ1) is 10.5. The van der Waals surface area contributed by atoms with Gasteiger partial charge in [0.2, 0.25) is 0 Å². The smallest absolute Gasteiger partial charge is 0.261 e. The van der Waals surface area contributed by atoms with Crippen LogP contribution in [0, 0.1) is 0 Å². The first kappa shape index (κ1) is 16.5. The van der Waals surface area contributed by atoms with Gasteiger partial charge >= 0.3 is 0 Å². The van der Waals surface area contributed by atoms with Crippen molar-refractivity contribution in [2.75, 3.05) is 39.6 Å². The molecule has 2 rings (SSSR count). The number of carbonyl (C=O) groups is 1. The highest BCUT2D eigenvalue weighted by Crippen LogP contribution is 2.16. The lowest BCUT2D eigenvalue weighted by atomic mass is 10.1. The summed E-state index contributed by atoms with van der Waals surface area (Å²) >= 11 is 1.47. The van der Waals surface area contributed by atoms with Gasteiger partial charge < -0.3 is 15.1 Å². The molecule has 2 aromatic rings. The third kappa shape index (κ3) is 4.08. The van der Waals surface area contributed by atoms with E-state index in [0.29, 0.717) is 6.54 Å². The fourth-order valence-corrected chi connectivity index (χ4v) is 2.99. The standard InChI is InChI=1S/C17H23N3OS/c1-19(2)14-9-7-13(8-10-14)15(20(3)4)12-18-17(21)16-6-5-11-22-16/h5-11,15H,12H2,1-4H3,(H,18,21)/p+1/t15-/m1/s1. The maximum absolute atomic E-state index is 12.1. The Hall–Kier alpha value is -1.85. The number of benzene rings is 1. The monoisotopic (exact) mass is 318 g/mol. The zero-order chi connectivity index (χ0) is 16.1. The van der Waals surface area contributed by atoms with E-state index in [-0.39, 0.29) is 11.9 Å². The normalized spacial score (nSPS) is 12.2. The van der Waals surface area contributed by atoms with Gasteiger partial charge in [0.1, 0.15) is 6.04 Å². The molecular weight excluding hydrogens is 294 g/mol. The summed E-state index contributed by atoms with van der Waals surface area (Å²) in [6.45, 7) is 0.625. The van der Waals surface area contributed by atoms with Gasteiger partial charge in [0.15, 0.2) is 0 Å². The third-order valence-electron chi connectivity index (χ3n) is 3.72. The number of carbonyl (C=O) groups excluding carboxylic acids is 1. The molecule has 0 fully saturated rings. The van der Waals surface area contributed by atoms with Gasteiger partial charge in [0.05, 0.1) is 25.5 Å². The second-order valence-electron chi connectivity index (χ2n) is 5.80. The molecule has 0 saturated heterocycles. The first-order valence-electron chi connectivity index (χ1n) is 7.38. The van der Waals surface area contributed by atoms with Crippen LogP contribution in [0.5, 0.6) is 0 Å². The second kappa shape index (κ2) is 7.42. The molecule has 22 heavy (non-hydrogen) atoms. The van der Waals surface area contributed by atoms with E-state index in [2.05, 4.69) is 48.6 Å². The van der Waals surface area contributed by atoms with E-state index in [9.17, 15) is 4.79 Å². The fourth-order valence-electron chi connectivity index (χ4n) is 2.35. The van der Waals surface area contributed by atoms with E-state index >= 15 is 0 Å². The van der Waals surface area contributed by atoms with E-state index in [1.54, 1.807) is 0 Å². The van der Waals surface area contributed by atoms with Gasteiger partial charge in [0.25, 0.3) is 5.91 Å². The SMILES string of the molecule is CN(C)c1ccc([C@@H](CNC(=O)c2cccs2)[NH+](C)C)cc1. The Balaban J connectivity index is 2.05. The molecule has 0 aliphatic carbocycles. The summed E-state index contributed by atoms with van der Waals surface area (Å²) in [6, 6.07) is 12.5. The molecule has 1 atom stereocenters. The van der Waals surface area contributed by atoms with E-state index in [1.165, 1.54) is 27.5 Å². The van der Waals surface area contributed by atoms with Gasteiger partial charge in [-0.25, -0.2) is 0 Å². The first-order valence-corrected chi connectivity index (χ1v) is 8.26.